The first kappa shape index (κ1) is 19.5. The summed E-state index contributed by atoms with van der Waals surface area (Å²) in [5, 5.41) is 10.8. The van der Waals surface area contributed by atoms with Crippen LogP contribution in [0.3, 0.4) is 0 Å². The Morgan fingerprint density at radius 3 is 2.39 bits per heavy atom. The molecular formula is C17H33N5O. The number of likely N-dealkylation sites (N-methyl/N-ethyl adjacent to an activating group) is 1. The molecule has 23 heavy (non-hydrogen) atoms. The first-order chi connectivity index (χ1) is 11.2. The van der Waals surface area contributed by atoms with Gasteiger partial charge in [-0.2, -0.15) is 0 Å². The molecule has 0 saturated carbocycles. The molecule has 0 saturated heterocycles. The fourth-order valence-electron chi connectivity index (χ4n) is 2.49. The van der Waals surface area contributed by atoms with Crippen molar-refractivity contribution in [3.63, 3.8) is 0 Å². The molecule has 1 aromatic heterocycles. The fraction of sp³-hybridized carbons (Fsp3) is 0.765. The molecule has 6 heteroatoms. The molecule has 0 atom stereocenters. The van der Waals surface area contributed by atoms with Crippen molar-refractivity contribution >= 4 is 5.96 Å². The molecule has 0 fully saturated rings. The molecule has 1 rings (SSSR count). The van der Waals surface area contributed by atoms with E-state index in [1.807, 2.05) is 0 Å². The van der Waals surface area contributed by atoms with E-state index < -0.39 is 0 Å². The molecule has 0 aliphatic rings. The molecule has 132 valence electrons. The third kappa shape index (κ3) is 6.22. The summed E-state index contributed by atoms with van der Waals surface area (Å²) in [6, 6.07) is 0. The minimum Gasteiger partial charge on any atom is -0.361 e. The van der Waals surface area contributed by atoms with Crippen LogP contribution in [0.5, 0.6) is 0 Å². The van der Waals surface area contributed by atoms with Gasteiger partial charge >= 0.3 is 0 Å². The smallest absolute Gasteiger partial charge is 0.191 e. The summed E-state index contributed by atoms with van der Waals surface area (Å²) in [4.78, 5) is 7.09. The Morgan fingerprint density at radius 2 is 1.83 bits per heavy atom. The second-order valence-corrected chi connectivity index (χ2v) is 5.39. The van der Waals surface area contributed by atoms with E-state index in [4.69, 9.17) is 9.52 Å². The van der Waals surface area contributed by atoms with Gasteiger partial charge in [0.05, 0.1) is 12.2 Å². The maximum absolute atomic E-state index is 5.40. The number of rotatable bonds is 10. The molecule has 0 aliphatic carbocycles. The number of hydrogen-bond donors (Lipinski definition) is 2. The standard InChI is InChI=1S/C17H33N5O/c1-6-15-14(16(7-2)23-21-15)13-20-17(18-8-3)19-11-12-22(9-4)10-5/h6-13H2,1-5H3,(H2,18,19,20). The Labute approximate surface area is 140 Å². The molecule has 0 aromatic carbocycles. The van der Waals surface area contributed by atoms with Crippen molar-refractivity contribution in [3.05, 3.63) is 17.0 Å². The Hall–Kier alpha value is -1.56. The van der Waals surface area contributed by atoms with Crippen LogP contribution >= 0.6 is 0 Å². The Balaban J connectivity index is 2.66. The Kier molecular flexibility index (Phi) is 9.36. The Bertz CT molecular complexity index is 444. The van der Waals surface area contributed by atoms with Gasteiger partial charge in [0.15, 0.2) is 5.96 Å². The van der Waals surface area contributed by atoms with Crippen LogP contribution < -0.4 is 10.6 Å². The first-order valence-electron chi connectivity index (χ1n) is 8.90. The van der Waals surface area contributed by atoms with Crippen LogP contribution in [0.15, 0.2) is 9.52 Å². The molecule has 0 aliphatic heterocycles. The van der Waals surface area contributed by atoms with Gasteiger partial charge in [-0.1, -0.05) is 32.9 Å². The van der Waals surface area contributed by atoms with E-state index in [0.29, 0.717) is 6.54 Å². The zero-order chi connectivity index (χ0) is 17.1. The van der Waals surface area contributed by atoms with Gasteiger partial charge in [-0.05, 0) is 26.4 Å². The number of nitrogens with one attached hydrogen (secondary N) is 2. The number of aliphatic imine (C=N–C) groups is 1. The third-order valence-corrected chi connectivity index (χ3v) is 3.96. The summed E-state index contributed by atoms with van der Waals surface area (Å²) in [5.74, 6) is 1.80. The minimum atomic E-state index is 0.608. The van der Waals surface area contributed by atoms with E-state index in [1.165, 1.54) is 0 Å². The van der Waals surface area contributed by atoms with Crippen LogP contribution in [-0.2, 0) is 19.4 Å². The summed E-state index contributed by atoms with van der Waals surface area (Å²) in [7, 11) is 0. The van der Waals surface area contributed by atoms with Crippen molar-refractivity contribution in [2.45, 2.75) is 54.0 Å². The molecule has 0 amide bonds. The first-order valence-corrected chi connectivity index (χ1v) is 8.90. The zero-order valence-corrected chi connectivity index (χ0v) is 15.4. The maximum Gasteiger partial charge on any atom is 0.191 e. The van der Waals surface area contributed by atoms with E-state index in [0.717, 1.165) is 68.5 Å². The van der Waals surface area contributed by atoms with Gasteiger partial charge in [0.25, 0.3) is 0 Å². The lowest BCUT2D eigenvalue weighted by atomic mass is 10.1. The number of nitrogens with zero attached hydrogens (tertiary/aromatic N) is 3. The lowest BCUT2D eigenvalue weighted by Crippen LogP contribution is -2.41. The molecule has 0 unspecified atom stereocenters. The number of aromatic nitrogens is 1. The van der Waals surface area contributed by atoms with Crippen molar-refractivity contribution in [1.82, 2.24) is 20.7 Å². The lowest BCUT2D eigenvalue weighted by molar-refractivity contribution is 0.308. The van der Waals surface area contributed by atoms with Crippen molar-refractivity contribution in [3.8, 4) is 0 Å². The summed E-state index contributed by atoms with van der Waals surface area (Å²) < 4.78 is 5.40. The molecule has 0 radical (unpaired) electrons. The number of aryl methyl sites for hydroxylation is 2. The lowest BCUT2D eigenvalue weighted by Gasteiger charge is -2.19. The van der Waals surface area contributed by atoms with Gasteiger partial charge in [-0.15, -0.1) is 0 Å². The second kappa shape index (κ2) is 11.0. The van der Waals surface area contributed by atoms with Crippen LogP contribution in [0.1, 0.15) is 51.6 Å². The SMILES string of the molecule is CCNC(=NCc1c(CC)noc1CC)NCCN(CC)CC. The van der Waals surface area contributed by atoms with Gasteiger partial charge in [0, 0.05) is 31.6 Å². The van der Waals surface area contributed by atoms with Crippen molar-refractivity contribution in [1.29, 1.82) is 0 Å². The van der Waals surface area contributed by atoms with Crippen LogP contribution in [0.2, 0.25) is 0 Å². The van der Waals surface area contributed by atoms with Gasteiger partial charge in [0.2, 0.25) is 0 Å². The van der Waals surface area contributed by atoms with Crippen LogP contribution in [0, 0.1) is 0 Å². The van der Waals surface area contributed by atoms with Crippen LogP contribution in [-0.4, -0.2) is 48.7 Å². The molecule has 0 spiro atoms. The number of hydrogen-bond acceptors (Lipinski definition) is 4. The average Bonchev–Trinajstić information content (AvgIpc) is 2.98. The Morgan fingerprint density at radius 1 is 1.09 bits per heavy atom. The fourth-order valence-corrected chi connectivity index (χ4v) is 2.49. The summed E-state index contributed by atoms with van der Waals surface area (Å²) in [6.07, 6.45) is 1.73. The number of guanidine groups is 1. The van der Waals surface area contributed by atoms with Crippen molar-refractivity contribution in [2.24, 2.45) is 4.99 Å². The molecule has 1 heterocycles. The molecular weight excluding hydrogens is 290 g/mol. The topological polar surface area (TPSA) is 65.7 Å². The maximum atomic E-state index is 5.40. The van der Waals surface area contributed by atoms with E-state index in [1.54, 1.807) is 0 Å². The summed E-state index contributed by atoms with van der Waals surface area (Å²) >= 11 is 0. The average molecular weight is 323 g/mol. The summed E-state index contributed by atoms with van der Waals surface area (Å²) in [5.41, 5.74) is 2.15. The highest BCUT2D eigenvalue weighted by Gasteiger charge is 2.13. The van der Waals surface area contributed by atoms with E-state index in [2.05, 4.69) is 55.3 Å². The van der Waals surface area contributed by atoms with Gasteiger partial charge < -0.3 is 20.1 Å². The molecule has 1 aromatic rings. The normalized spacial score (nSPS) is 12.0. The highest BCUT2D eigenvalue weighted by molar-refractivity contribution is 5.79. The van der Waals surface area contributed by atoms with Gasteiger partial charge in [0.1, 0.15) is 5.76 Å². The van der Waals surface area contributed by atoms with E-state index >= 15 is 0 Å². The summed E-state index contributed by atoms with van der Waals surface area (Å²) in [6.45, 7) is 16.1. The van der Waals surface area contributed by atoms with Crippen LogP contribution in [0.25, 0.3) is 0 Å². The molecule has 6 nitrogen and oxygen atoms in total. The monoisotopic (exact) mass is 323 g/mol. The van der Waals surface area contributed by atoms with Crippen LogP contribution in [0.4, 0.5) is 0 Å². The predicted molar refractivity (Wildman–Crippen MR) is 95.9 cm³/mol. The largest absolute Gasteiger partial charge is 0.361 e. The third-order valence-electron chi connectivity index (χ3n) is 3.96. The molecule has 0 bridgehead atoms. The predicted octanol–water partition coefficient (Wildman–Crippen LogP) is 2.20. The van der Waals surface area contributed by atoms with Crippen molar-refractivity contribution < 1.29 is 4.52 Å². The van der Waals surface area contributed by atoms with E-state index in [-0.39, 0.29) is 0 Å². The minimum absolute atomic E-state index is 0.608. The highest BCUT2D eigenvalue weighted by Crippen LogP contribution is 2.16. The highest BCUT2D eigenvalue weighted by atomic mass is 16.5. The van der Waals surface area contributed by atoms with Crippen molar-refractivity contribution in [2.75, 3.05) is 32.7 Å². The zero-order valence-electron chi connectivity index (χ0n) is 15.4. The van der Waals surface area contributed by atoms with E-state index in [9.17, 15) is 0 Å². The van der Waals surface area contributed by atoms with Gasteiger partial charge in [-0.3, -0.25) is 0 Å². The molecule has 2 N–H and O–H groups in total. The quantitative estimate of drug-likeness (QED) is 0.510. The second-order valence-electron chi connectivity index (χ2n) is 5.39. The van der Waals surface area contributed by atoms with Gasteiger partial charge in [-0.25, -0.2) is 4.99 Å².